The van der Waals surface area contributed by atoms with Gasteiger partial charge in [0.1, 0.15) is 0 Å². The predicted octanol–water partition coefficient (Wildman–Crippen LogP) is 5.83. The van der Waals surface area contributed by atoms with E-state index in [4.69, 9.17) is 0 Å². The molecular formula is C23H37N. The molecule has 1 aromatic rings. The van der Waals surface area contributed by atoms with Gasteiger partial charge in [-0.15, -0.1) is 12.3 Å². The molecule has 0 N–H and O–H groups in total. The predicted molar refractivity (Wildman–Crippen MR) is 115 cm³/mol. The van der Waals surface area contributed by atoms with E-state index < -0.39 is 0 Å². The maximum atomic E-state index is 4.60. The summed E-state index contributed by atoms with van der Waals surface area (Å²) in [6, 6.07) is 0. The Hall–Kier alpha value is -2.07. The molecule has 1 nitrogen and oxygen atoms in total. The second-order valence-electron chi connectivity index (χ2n) is 4.12. The summed E-state index contributed by atoms with van der Waals surface area (Å²) >= 11 is 0. The third-order valence-electron chi connectivity index (χ3n) is 2.58. The second kappa shape index (κ2) is 20.9. The van der Waals surface area contributed by atoms with Crippen molar-refractivity contribution in [3.8, 4) is 12.3 Å². The Bertz CT molecular complexity index is 611. The van der Waals surface area contributed by atoms with E-state index in [0.29, 0.717) is 0 Å². The monoisotopic (exact) mass is 327 g/mol. The lowest BCUT2D eigenvalue weighted by Gasteiger charge is -2.03. The summed E-state index contributed by atoms with van der Waals surface area (Å²) in [7, 11) is 0. The highest BCUT2D eigenvalue weighted by Gasteiger charge is 2.00. The van der Waals surface area contributed by atoms with Crippen LogP contribution in [-0.4, -0.2) is 4.98 Å². The minimum Gasteiger partial charge on any atom is -0.256 e. The van der Waals surface area contributed by atoms with Gasteiger partial charge in [-0.05, 0) is 39.7 Å². The van der Waals surface area contributed by atoms with Crippen LogP contribution in [0.4, 0.5) is 0 Å². The van der Waals surface area contributed by atoms with Crippen LogP contribution in [0.25, 0.3) is 24.3 Å². The Kier molecular flexibility index (Phi) is 23.4. The summed E-state index contributed by atoms with van der Waals surface area (Å²) in [4.78, 5) is 4.51. The van der Waals surface area contributed by atoms with Gasteiger partial charge in [-0.2, -0.15) is 0 Å². The molecule has 0 unspecified atom stereocenters. The van der Waals surface area contributed by atoms with E-state index in [1.807, 2.05) is 54.7 Å². The molecule has 0 spiro atoms. The SMILES string of the molecule is C#CC.C/C=C\c1cnc(=C/C)/c(=C\CC)c1/C=C\C.CC.CC. The van der Waals surface area contributed by atoms with Gasteiger partial charge in [-0.25, -0.2) is 0 Å². The number of pyridine rings is 1. The van der Waals surface area contributed by atoms with Crippen molar-refractivity contribution in [2.24, 2.45) is 0 Å². The van der Waals surface area contributed by atoms with E-state index in [1.165, 1.54) is 16.3 Å². The van der Waals surface area contributed by atoms with Gasteiger partial charge in [-0.1, -0.05) is 71.1 Å². The van der Waals surface area contributed by atoms with Crippen LogP contribution >= 0.6 is 0 Å². The molecule has 1 aromatic heterocycles. The molecule has 0 aliphatic heterocycles. The van der Waals surface area contributed by atoms with Gasteiger partial charge in [0.25, 0.3) is 0 Å². The molecule has 0 radical (unpaired) electrons. The van der Waals surface area contributed by atoms with E-state index in [9.17, 15) is 0 Å². The Morgan fingerprint density at radius 3 is 1.92 bits per heavy atom. The molecule has 0 atom stereocenters. The summed E-state index contributed by atoms with van der Waals surface area (Å²) < 4.78 is 0. The average Bonchev–Trinajstić information content (AvgIpc) is 2.62. The number of terminal acetylenes is 1. The Morgan fingerprint density at radius 2 is 1.54 bits per heavy atom. The first-order valence-corrected chi connectivity index (χ1v) is 8.98. The van der Waals surface area contributed by atoms with Crippen molar-refractivity contribution < 1.29 is 0 Å². The van der Waals surface area contributed by atoms with E-state index in [1.54, 1.807) is 6.92 Å². The molecule has 0 aliphatic carbocycles. The minimum atomic E-state index is 1.02. The van der Waals surface area contributed by atoms with Gasteiger partial charge in [0, 0.05) is 17.0 Å². The number of hydrogen-bond acceptors (Lipinski definition) is 1. The second-order valence-corrected chi connectivity index (χ2v) is 4.12. The number of hydrogen-bond donors (Lipinski definition) is 0. The molecule has 1 rings (SSSR count). The topological polar surface area (TPSA) is 12.9 Å². The maximum absolute atomic E-state index is 4.60. The van der Waals surface area contributed by atoms with Crippen LogP contribution in [-0.2, 0) is 0 Å². The van der Waals surface area contributed by atoms with E-state index in [0.717, 1.165) is 11.8 Å². The van der Waals surface area contributed by atoms with Crippen LogP contribution in [0.2, 0.25) is 0 Å². The quantitative estimate of drug-likeness (QED) is 0.636. The molecule has 1 heteroatoms. The zero-order valence-corrected chi connectivity index (χ0v) is 17.3. The normalized spacial score (nSPS) is 11.0. The zero-order chi connectivity index (χ0) is 19.4. The highest BCUT2D eigenvalue weighted by molar-refractivity contribution is 5.65. The van der Waals surface area contributed by atoms with Crippen LogP contribution < -0.4 is 10.6 Å². The number of nitrogens with zero attached hydrogens (tertiary/aromatic N) is 1. The van der Waals surface area contributed by atoms with Gasteiger partial charge < -0.3 is 0 Å². The van der Waals surface area contributed by atoms with Gasteiger partial charge in [0.2, 0.25) is 0 Å². The molecule has 0 saturated heterocycles. The molecule has 0 bridgehead atoms. The van der Waals surface area contributed by atoms with Crippen molar-refractivity contribution in [1.82, 2.24) is 4.98 Å². The average molecular weight is 328 g/mol. The third-order valence-corrected chi connectivity index (χ3v) is 2.58. The lowest BCUT2D eigenvalue weighted by Crippen LogP contribution is -2.31. The van der Waals surface area contributed by atoms with Crippen molar-refractivity contribution in [1.29, 1.82) is 0 Å². The smallest absolute Gasteiger partial charge is 0.0662 e. The minimum absolute atomic E-state index is 1.02. The molecule has 24 heavy (non-hydrogen) atoms. The van der Waals surface area contributed by atoms with Crippen molar-refractivity contribution in [3.63, 3.8) is 0 Å². The van der Waals surface area contributed by atoms with Crippen LogP contribution in [0, 0.1) is 12.3 Å². The fourth-order valence-electron chi connectivity index (χ4n) is 1.89. The van der Waals surface area contributed by atoms with Crippen molar-refractivity contribution >= 4 is 24.3 Å². The maximum Gasteiger partial charge on any atom is 0.0662 e. The molecule has 0 amide bonds. The first-order chi connectivity index (χ1) is 11.7. The van der Waals surface area contributed by atoms with Crippen molar-refractivity contribution in [3.05, 3.63) is 40.0 Å². The molecule has 0 fully saturated rings. The molecule has 0 aromatic carbocycles. The molecule has 0 aliphatic rings. The van der Waals surface area contributed by atoms with Crippen molar-refractivity contribution in [2.45, 2.75) is 68.7 Å². The van der Waals surface area contributed by atoms with Crippen molar-refractivity contribution in [2.75, 3.05) is 0 Å². The Morgan fingerprint density at radius 1 is 1.04 bits per heavy atom. The third kappa shape index (κ3) is 10.6. The lowest BCUT2D eigenvalue weighted by molar-refractivity contribution is 1.18. The first-order valence-electron chi connectivity index (χ1n) is 8.98. The fraction of sp³-hybridized carbons (Fsp3) is 0.435. The van der Waals surface area contributed by atoms with Crippen LogP contribution in [0.3, 0.4) is 0 Å². The lowest BCUT2D eigenvalue weighted by atomic mass is 10.0. The Labute approximate surface area is 150 Å². The summed E-state index contributed by atoms with van der Waals surface area (Å²) in [5.74, 6) is 2.25. The van der Waals surface area contributed by atoms with E-state index in [-0.39, 0.29) is 0 Å². The number of allylic oxidation sites excluding steroid dienone is 2. The number of rotatable bonds is 3. The Balaban J connectivity index is -0.000000549. The van der Waals surface area contributed by atoms with Crippen LogP contribution in [0.1, 0.15) is 79.9 Å². The summed E-state index contributed by atoms with van der Waals surface area (Å²) in [5.41, 5.74) is 2.44. The summed E-state index contributed by atoms with van der Waals surface area (Å²) in [6.07, 6.45) is 20.3. The standard InChI is InChI=1S/C16H21N.C3H4.2C2H6/c1-5-9-13-12-17-16(8-4)15(11-7-3)14(13)10-6-2;1-3-2;2*1-2/h5-6,8-12H,7H2,1-4H3;1H,2H3;2*1-2H3/b9-5-,10-6-,15-11-,16-8+;;;. The van der Waals surface area contributed by atoms with Crippen LogP contribution in [0.15, 0.2) is 18.3 Å². The number of aromatic nitrogens is 1. The molecule has 0 saturated carbocycles. The van der Waals surface area contributed by atoms with Gasteiger partial charge in [0.05, 0.1) is 5.35 Å². The zero-order valence-electron chi connectivity index (χ0n) is 17.3. The van der Waals surface area contributed by atoms with Crippen LogP contribution in [0.5, 0.6) is 0 Å². The molecule has 1 heterocycles. The van der Waals surface area contributed by atoms with E-state index in [2.05, 4.69) is 60.7 Å². The van der Waals surface area contributed by atoms with Gasteiger partial charge in [-0.3, -0.25) is 4.98 Å². The molecular weight excluding hydrogens is 290 g/mol. The summed E-state index contributed by atoms with van der Waals surface area (Å²) in [6.45, 7) is 17.9. The molecule has 134 valence electrons. The highest BCUT2D eigenvalue weighted by atomic mass is 14.6. The highest BCUT2D eigenvalue weighted by Crippen LogP contribution is 2.06. The fourth-order valence-corrected chi connectivity index (χ4v) is 1.89. The van der Waals surface area contributed by atoms with Gasteiger partial charge in [0.15, 0.2) is 0 Å². The first kappa shape index (κ1) is 26.8. The van der Waals surface area contributed by atoms with E-state index >= 15 is 0 Å². The largest absolute Gasteiger partial charge is 0.256 e. The van der Waals surface area contributed by atoms with Gasteiger partial charge >= 0.3 is 0 Å². The summed E-state index contributed by atoms with van der Waals surface area (Å²) in [5, 5.41) is 2.30.